The largest absolute Gasteiger partial charge is 0.353 e. The third-order valence-corrected chi connectivity index (χ3v) is 5.85. The Bertz CT molecular complexity index is 674. The number of nitrogens with zero attached hydrogens (tertiary/aromatic N) is 1. The first-order chi connectivity index (χ1) is 12.2. The Morgan fingerprint density at radius 2 is 1.88 bits per heavy atom. The van der Waals surface area contributed by atoms with Gasteiger partial charge in [0.2, 0.25) is 5.91 Å². The molecule has 2 saturated heterocycles. The Balaban J connectivity index is 1.67. The maximum absolute atomic E-state index is 12.4. The van der Waals surface area contributed by atoms with E-state index < -0.39 is 0 Å². The van der Waals surface area contributed by atoms with Crippen molar-refractivity contribution in [2.45, 2.75) is 71.0 Å². The average molecular weight is 394 g/mol. The molecule has 1 aromatic rings. The van der Waals surface area contributed by atoms with Crippen molar-refractivity contribution in [3.05, 3.63) is 29.3 Å². The van der Waals surface area contributed by atoms with Gasteiger partial charge < -0.3 is 15.5 Å². The lowest BCUT2D eigenvalue weighted by molar-refractivity contribution is -0.129. The molecular weight excluding hydrogens is 366 g/mol. The topological polar surface area (TPSA) is 44.4 Å². The first-order valence-electron chi connectivity index (χ1n) is 9.40. The van der Waals surface area contributed by atoms with Crippen molar-refractivity contribution in [2.75, 3.05) is 5.32 Å². The van der Waals surface area contributed by atoms with Gasteiger partial charge >= 0.3 is 0 Å². The van der Waals surface area contributed by atoms with Crippen LogP contribution in [0.2, 0.25) is 5.02 Å². The fraction of sp³-hybridized carbons (Fsp3) is 0.600. The Kier molecular flexibility index (Phi) is 5.78. The molecule has 2 heterocycles. The van der Waals surface area contributed by atoms with E-state index in [2.05, 4.69) is 15.5 Å². The fourth-order valence-corrected chi connectivity index (χ4v) is 4.59. The minimum atomic E-state index is -0.352. The van der Waals surface area contributed by atoms with Crippen LogP contribution in [0.5, 0.6) is 0 Å². The van der Waals surface area contributed by atoms with E-state index in [0.717, 1.165) is 36.5 Å². The van der Waals surface area contributed by atoms with E-state index >= 15 is 0 Å². The van der Waals surface area contributed by atoms with Gasteiger partial charge in [-0.05, 0) is 62.5 Å². The fourth-order valence-electron chi connectivity index (χ4n) is 3.99. The molecule has 0 radical (unpaired) electrons. The number of piperidine rings is 2. The second kappa shape index (κ2) is 7.73. The Labute approximate surface area is 166 Å². The number of anilines is 1. The van der Waals surface area contributed by atoms with Crippen molar-refractivity contribution in [1.29, 1.82) is 0 Å². The van der Waals surface area contributed by atoms with Crippen LogP contribution in [0.25, 0.3) is 0 Å². The minimum Gasteiger partial charge on any atom is -0.353 e. The molecule has 26 heavy (non-hydrogen) atoms. The average Bonchev–Trinajstić information content (AvgIpc) is 2.53. The second-order valence-electron chi connectivity index (χ2n) is 8.48. The second-order valence-corrected chi connectivity index (χ2v) is 9.30. The Morgan fingerprint density at radius 1 is 1.23 bits per heavy atom. The number of hydrogen-bond donors (Lipinski definition) is 2. The predicted molar refractivity (Wildman–Crippen MR) is 112 cm³/mol. The quantitative estimate of drug-likeness (QED) is 0.721. The summed E-state index contributed by atoms with van der Waals surface area (Å²) in [6, 6.07) is 8.64. The molecule has 1 aromatic carbocycles. The number of halogens is 1. The van der Waals surface area contributed by atoms with Crippen molar-refractivity contribution < 1.29 is 4.79 Å². The molecular formula is C20H28ClN3OS. The van der Waals surface area contributed by atoms with E-state index in [1.807, 2.05) is 45.0 Å². The monoisotopic (exact) mass is 393 g/mol. The number of hydrogen-bond acceptors (Lipinski definition) is 2. The number of thiocarbonyl (C=S) groups is 1. The molecule has 2 N–H and O–H groups in total. The Morgan fingerprint density at radius 3 is 2.46 bits per heavy atom. The van der Waals surface area contributed by atoms with Crippen LogP contribution in [0.1, 0.15) is 52.9 Å². The van der Waals surface area contributed by atoms with Gasteiger partial charge in [-0.1, -0.05) is 38.4 Å². The molecule has 2 aliphatic heterocycles. The maximum atomic E-state index is 12.4. The summed E-state index contributed by atoms with van der Waals surface area (Å²) in [6.07, 6.45) is 5.38. The van der Waals surface area contributed by atoms with Crippen LogP contribution >= 0.6 is 23.8 Å². The molecule has 0 spiro atoms. The SMILES string of the molecule is CC(C)(C)C(=O)NC1CC2CCCC(C1)N2C(=S)Nc1cccc(Cl)c1. The van der Waals surface area contributed by atoms with Crippen LogP contribution in [0.15, 0.2) is 24.3 Å². The highest BCUT2D eigenvalue weighted by Gasteiger charge is 2.40. The lowest BCUT2D eigenvalue weighted by Gasteiger charge is -2.50. The number of rotatable bonds is 2. The predicted octanol–water partition coefficient (Wildman–Crippen LogP) is 4.58. The van der Waals surface area contributed by atoms with Crippen LogP contribution in [0.3, 0.4) is 0 Å². The number of benzene rings is 1. The molecule has 2 aliphatic rings. The summed E-state index contributed by atoms with van der Waals surface area (Å²) in [6.45, 7) is 5.88. The summed E-state index contributed by atoms with van der Waals surface area (Å²) in [7, 11) is 0. The van der Waals surface area contributed by atoms with Crippen LogP contribution in [-0.2, 0) is 4.79 Å². The minimum absolute atomic E-state index is 0.133. The molecule has 0 saturated carbocycles. The summed E-state index contributed by atoms with van der Waals surface area (Å²) in [4.78, 5) is 14.7. The first kappa shape index (κ1) is 19.4. The summed E-state index contributed by atoms with van der Waals surface area (Å²) in [5, 5.41) is 8.07. The van der Waals surface area contributed by atoms with Gasteiger partial charge in [0.25, 0.3) is 0 Å². The maximum Gasteiger partial charge on any atom is 0.225 e. The molecule has 2 fully saturated rings. The van der Waals surface area contributed by atoms with Gasteiger partial charge in [0.1, 0.15) is 0 Å². The van der Waals surface area contributed by atoms with Gasteiger partial charge in [0, 0.05) is 34.3 Å². The van der Waals surface area contributed by atoms with E-state index in [1.54, 1.807) is 0 Å². The number of carbonyl (C=O) groups excluding carboxylic acids is 1. The van der Waals surface area contributed by atoms with Crippen molar-refractivity contribution in [3.8, 4) is 0 Å². The lowest BCUT2D eigenvalue weighted by Crippen LogP contribution is -2.60. The van der Waals surface area contributed by atoms with Gasteiger partial charge in [-0.15, -0.1) is 0 Å². The zero-order valence-corrected chi connectivity index (χ0v) is 17.3. The van der Waals surface area contributed by atoms with Crippen LogP contribution in [0.4, 0.5) is 5.69 Å². The summed E-state index contributed by atoms with van der Waals surface area (Å²) >= 11 is 11.8. The van der Waals surface area contributed by atoms with E-state index in [1.165, 1.54) is 6.42 Å². The molecule has 2 unspecified atom stereocenters. The molecule has 2 bridgehead atoms. The van der Waals surface area contributed by atoms with Gasteiger partial charge in [0.15, 0.2) is 5.11 Å². The van der Waals surface area contributed by atoms with E-state index in [0.29, 0.717) is 17.1 Å². The smallest absolute Gasteiger partial charge is 0.225 e. The number of nitrogens with one attached hydrogen (secondary N) is 2. The van der Waals surface area contributed by atoms with Crippen molar-refractivity contribution in [1.82, 2.24) is 10.2 Å². The molecule has 4 nitrogen and oxygen atoms in total. The molecule has 3 rings (SSSR count). The third-order valence-electron chi connectivity index (χ3n) is 5.30. The molecule has 1 amide bonds. The van der Waals surface area contributed by atoms with Crippen molar-refractivity contribution in [3.63, 3.8) is 0 Å². The highest BCUT2D eigenvalue weighted by molar-refractivity contribution is 7.80. The van der Waals surface area contributed by atoms with Crippen LogP contribution < -0.4 is 10.6 Å². The van der Waals surface area contributed by atoms with Gasteiger partial charge in [-0.25, -0.2) is 0 Å². The lowest BCUT2D eigenvalue weighted by atomic mass is 9.81. The number of amides is 1. The molecule has 0 aromatic heterocycles. The number of fused-ring (bicyclic) bond motifs is 2. The molecule has 142 valence electrons. The normalized spacial score (nSPS) is 25.5. The molecule has 6 heteroatoms. The van der Waals surface area contributed by atoms with Crippen molar-refractivity contribution >= 4 is 40.5 Å². The van der Waals surface area contributed by atoms with E-state index in [9.17, 15) is 4.79 Å². The van der Waals surface area contributed by atoms with Crippen LogP contribution in [-0.4, -0.2) is 34.0 Å². The number of carbonyl (C=O) groups is 1. The van der Waals surface area contributed by atoms with Crippen molar-refractivity contribution in [2.24, 2.45) is 5.41 Å². The summed E-state index contributed by atoms with van der Waals surface area (Å²) < 4.78 is 0. The van der Waals surface area contributed by atoms with E-state index in [4.69, 9.17) is 23.8 Å². The highest BCUT2D eigenvalue weighted by Crippen LogP contribution is 2.35. The summed E-state index contributed by atoms with van der Waals surface area (Å²) in [5.41, 5.74) is 0.569. The zero-order valence-electron chi connectivity index (χ0n) is 15.7. The molecule has 0 aliphatic carbocycles. The standard InChI is InChI=1S/C20H28ClN3OS/c1-20(2,3)18(25)22-15-11-16-8-5-9-17(12-15)24(16)19(26)23-14-7-4-6-13(21)10-14/h4,6-7,10,15-17H,5,8-9,11-12H2,1-3H3,(H,22,25)(H,23,26). The highest BCUT2D eigenvalue weighted by atomic mass is 35.5. The first-order valence-corrected chi connectivity index (χ1v) is 10.2. The van der Waals surface area contributed by atoms with E-state index in [-0.39, 0.29) is 17.4 Å². The van der Waals surface area contributed by atoms with Gasteiger partial charge in [0.05, 0.1) is 0 Å². The third kappa shape index (κ3) is 4.49. The molecule has 2 atom stereocenters. The van der Waals surface area contributed by atoms with Crippen LogP contribution in [0, 0.1) is 5.41 Å². The Hall–Kier alpha value is -1.33. The van der Waals surface area contributed by atoms with Gasteiger partial charge in [-0.2, -0.15) is 0 Å². The zero-order chi connectivity index (χ0) is 18.9. The van der Waals surface area contributed by atoms with Gasteiger partial charge in [-0.3, -0.25) is 4.79 Å². The summed E-state index contributed by atoms with van der Waals surface area (Å²) in [5.74, 6) is 0.133.